The molecule has 8 heteroatoms. The second-order valence-electron chi connectivity index (χ2n) is 5.60. The third-order valence-electron chi connectivity index (χ3n) is 3.56. The van der Waals surface area contributed by atoms with Gasteiger partial charge >= 0.3 is 12.0 Å². The number of aryl methyl sites for hydroxylation is 1. The molecule has 0 saturated carbocycles. The van der Waals surface area contributed by atoms with Gasteiger partial charge in [0.15, 0.2) is 6.61 Å². The molecule has 1 aromatic carbocycles. The highest BCUT2D eigenvalue weighted by Gasteiger charge is 2.11. The van der Waals surface area contributed by atoms with Crippen molar-refractivity contribution in [1.29, 1.82) is 5.26 Å². The summed E-state index contributed by atoms with van der Waals surface area (Å²) in [6.07, 6.45) is 1.23. The summed E-state index contributed by atoms with van der Waals surface area (Å²) in [6, 6.07) is 12.2. The topological polar surface area (TPSA) is 108 Å². The number of imide groups is 1. The van der Waals surface area contributed by atoms with E-state index in [0.29, 0.717) is 24.9 Å². The van der Waals surface area contributed by atoms with Crippen molar-refractivity contribution in [3.8, 4) is 6.07 Å². The van der Waals surface area contributed by atoms with Gasteiger partial charge in [-0.15, -0.1) is 11.3 Å². The first-order chi connectivity index (χ1) is 13.1. The maximum atomic E-state index is 11.7. The summed E-state index contributed by atoms with van der Waals surface area (Å²) in [4.78, 5) is 36.0. The number of thiophene rings is 1. The van der Waals surface area contributed by atoms with Gasteiger partial charge in [-0.1, -0.05) is 18.2 Å². The first-order valence-corrected chi connectivity index (χ1v) is 9.19. The molecule has 0 aliphatic rings. The normalized spacial score (nSPS) is 9.89. The third-order valence-corrected chi connectivity index (χ3v) is 4.49. The smallest absolute Gasteiger partial charge is 0.321 e. The fraction of sp³-hybridized carbons (Fsp3) is 0.263. The van der Waals surface area contributed by atoms with Crippen molar-refractivity contribution in [2.75, 3.05) is 13.2 Å². The molecule has 2 aromatic rings. The number of hydrogen-bond acceptors (Lipinski definition) is 6. The van der Waals surface area contributed by atoms with Crippen LogP contribution in [0.4, 0.5) is 4.79 Å². The number of nitrogens with zero attached hydrogens (tertiary/aromatic N) is 1. The van der Waals surface area contributed by atoms with E-state index in [9.17, 15) is 14.4 Å². The van der Waals surface area contributed by atoms with Gasteiger partial charge in [0, 0.05) is 17.8 Å². The van der Waals surface area contributed by atoms with Crippen molar-refractivity contribution in [3.05, 3.63) is 57.8 Å². The summed E-state index contributed by atoms with van der Waals surface area (Å²) < 4.78 is 4.85. The van der Waals surface area contributed by atoms with Crippen LogP contribution in [0.5, 0.6) is 0 Å². The number of amides is 3. The summed E-state index contributed by atoms with van der Waals surface area (Å²) in [5.41, 5.74) is 1.44. The third kappa shape index (κ3) is 7.71. The number of nitriles is 1. The van der Waals surface area contributed by atoms with Crippen LogP contribution >= 0.6 is 11.3 Å². The highest BCUT2D eigenvalue weighted by molar-refractivity contribution is 7.09. The van der Waals surface area contributed by atoms with E-state index in [1.807, 2.05) is 23.6 Å². The standard InChI is InChI=1S/C19H19N3O4S/c20-12-15-5-3-14(4-6-15)7-8-18(24)26-13-17(23)22-19(25)21-10-9-16-2-1-11-27-16/h1-6,11H,7-10,13H2,(H2,21,22,23,25). The molecule has 0 unspecified atom stereocenters. The number of hydrogen-bond donors (Lipinski definition) is 2. The Morgan fingerprint density at radius 1 is 1.11 bits per heavy atom. The van der Waals surface area contributed by atoms with Gasteiger partial charge in [0.25, 0.3) is 5.91 Å². The molecule has 0 bridgehead atoms. The van der Waals surface area contributed by atoms with Gasteiger partial charge in [-0.2, -0.15) is 5.26 Å². The molecular weight excluding hydrogens is 366 g/mol. The van der Waals surface area contributed by atoms with Gasteiger partial charge in [-0.3, -0.25) is 14.9 Å². The van der Waals surface area contributed by atoms with Crippen LogP contribution in [0.3, 0.4) is 0 Å². The number of ether oxygens (including phenoxy) is 1. The quantitative estimate of drug-likeness (QED) is 0.677. The Bertz CT molecular complexity index is 810. The van der Waals surface area contributed by atoms with Gasteiger partial charge in [-0.05, 0) is 42.0 Å². The summed E-state index contributed by atoms with van der Waals surface area (Å²) >= 11 is 1.59. The Hall–Kier alpha value is -3.18. The minimum atomic E-state index is -0.685. The van der Waals surface area contributed by atoms with E-state index in [1.165, 1.54) is 0 Å². The first-order valence-electron chi connectivity index (χ1n) is 8.31. The number of benzene rings is 1. The Labute approximate surface area is 161 Å². The van der Waals surface area contributed by atoms with Crippen LogP contribution in [0.1, 0.15) is 22.4 Å². The average molecular weight is 385 g/mol. The molecule has 1 aromatic heterocycles. The van der Waals surface area contributed by atoms with E-state index in [0.717, 1.165) is 10.4 Å². The molecule has 0 aliphatic heterocycles. The fourth-order valence-corrected chi connectivity index (χ4v) is 2.88. The molecule has 0 aliphatic carbocycles. The minimum Gasteiger partial charge on any atom is -0.456 e. The zero-order valence-corrected chi connectivity index (χ0v) is 15.4. The number of nitrogens with one attached hydrogen (secondary N) is 2. The Morgan fingerprint density at radius 3 is 2.56 bits per heavy atom. The maximum Gasteiger partial charge on any atom is 0.321 e. The number of urea groups is 1. The minimum absolute atomic E-state index is 0.103. The highest BCUT2D eigenvalue weighted by atomic mass is 32.1. The van der Waals surface area contributed by atoms with Gasteiger partial charge in [0.1, 0.15) is 0 Å². The Morgan fingerprint density at radius 2 is 1.89 bits per heavy atom. The van der Waals surface area contributed by atoms with Crippen LogP contribution in [0, 0.1) is 11.3 Å². The fourth-order valence-electron chi connectivity index (χ4n) is 2.17. The molecule has 0 spiro atoms. The summed E-state index contributed by atoms with van der Waals surface area (Å²) in [6.45, 7) is -0.103. The zero-order valence-electron chi connectivity index (χ0n) is 14.6. The van der Waals surface area contributed by atoms with E-state index >= 15 is 0 Å². The van der Waals surface area contributed by atoms with Gasteiger partial charge in [-0.25, -0.2) is 4.79 Å². The van der Waals surface area contributed by atoms with Crippen LogP contribution in [-0.2, 0) is 27.2 Å². The van der Waals surface area contributed by atoms with Crippen molar-refractivity contribution in [2.24, 2.45) is 0 Å². The lowest BCUT2D eigenvalue weighted by atomic mass is 10.1. The van der Waals surface area contributed by atoms with Crippen molar-refractivity contribution >= 4 is 29.2 Å². The highest BCUT2D eigenvalue weighted by Crippen LogP contribution is 2.08. The summed E-state index contributed by atoms with van der Waals surface area (Å²) in [5, 5.41) is 15.4. The monoisotopic (exact) mass is 385 g/mol. The Balaban J connectivity index is 1.58. The van der Waals surface area contributed by atoms with Crippen LogP contribution in [0.25, 0.3) is 0 Å². The first kappa shape index (κ1) is 20.1. The second-order valence-corrected chi connectivity index (χ2v) is 6.64. The van der Waals surface area contributed by atoms with E-state index in [-0.39, 0.29) is 6.42 Å². The second kappa shape index (κ2) is 10.7. The van der Waals surface area contributed by atoms with Crippen LogP contribution < -0.4 is 10.6 Å². The van der Waals surface area contributed by atoms with Gasteiger partial charge in [0.05, 0.1) is 11.6 Å². The lowest BCUT2D eigenvalue weighted by Gasteiger charge is -2.07. The zero-order chi connectivity index (χ0) is 19.5. The lowest BCUT2D eigenvalue weighted by molar-refractivity contribution is -0.148. The molecule has 0 radical (unpaired) electrons. The Kier molecular flexibility index (Phi) is 8.00. The maximum absolute atomic E-state index is 11.7. The summed E-state index contributed by atoms with van der Waals surface area (Å²) in [7, 11) is 0. The van der Waals surface area contributed by atoms with Crippen LogP contribution in [0.15, 0.2) is 41.8 Å². The average Bonchev–Trinajstić information content (AvgIpc) is 3.18. The van der Waals surface area contributed by atoms with Crippen molar-refractivity contribution in [3.63, 3.8) is 0 Å². The largest absolute Gasteiger partial charge is 0.456 e. The molecule has 27 heavy (non-hydrogen) atoms. The molecule has 0 atom stereocenters. The molecule has 2 N–H and O–H groups in total. The predicted octanol–water partition coefficient (Wildman–Crippen LogP) is 2.16. The molecule has 3 amide bonds. The molecule has 7 nitrogen and oxygen atoms in total. The SMILES string of the molecule is N#Cc1ccc(CCC(=O)OCC(=O)NC(=O)NCCc2cccs2)cc1. The molecule has 2 rings (SSSR count). The molecule has 1 heterocycles. The van der Waals surface area contributed by atoms with Gasteiger partial charge < -0.3 is 10.1 Å². The lowest BCUT2D eigenvalue weighted by Crippen LogP contribution is -2.42. The van der Waals surface area contributed by atoms with E-state index < -0.39 is 24.5 Å². The number of esters is 1. The summed E-state index contributed by atoms with van der Waals surface area (Å²) in [5.74, 6) is -1.22. The predicted molar refractivity (Wildman–Crippen MR) is 100 cm³/mol. The number of carbonyl (C=O) groups is 3. The number of carbonyl (C=O) groups excluding carboxylic acids is 3. The molecule has 0 fully saturated rings. The molecule has 140 valence electrons. The number of rotatable bonds is 8. The van der Waals surface area contributed by atoms with E-state index in [2.05, 4.69) is 10.6 Å². The van der Waals surface area contributed by atoms with Crippen LogP contribution in [-0.4, -0.2) is 31.1 Å². The van der Waals surface area contributed by atoms with Crippen LogP contribution in [0.2, 0.25) is 0 Å². The van der Waals surface area contributed by atoms with Crippen molar-refractivity contribution in [2.45, 2.75) is 19.3 Å². The van der Waals surface area contributed by atoms with Gasteiger partial charge in [0.2, 0.25) is 0 Å². The van der Waals surface area contributed by atoms with E-state index in [4.69, 9.17) is 10.00 Å². The van der Waals surface area contributed by atoms with Crippen molar-refractivity contribution in [1.82, 2.24) is 10.6 Å². The van der Waals surface area contributed by atoms with Crippen molar-refractivity contribution < 1.29 is 19.1 Å². The molecular formula is C19H19N3O4S. The molecule has 0 saturated heterocycles. The van der Waals surface area contributed by atoms with E-state index in [1.54, 1.807) is 35.6 Å².